The Morgan fingerprint density at radius 1 is 0.962 bits per heavy atom. The summed E-state index contributed by atoms with van der Waals surface area (Å²) in [6.45, 7) is 1.42. The third kappa shape index (κ3) is 4.25. The van der Waals surface area contributed by atoms with Crippen molar-refractivity contribution in [1.82, 2.24) is 4.98 Å². The van der Waals surface area contributed by atoms with E-state index in [1.165, 1.54) is 37.4 Å². The molecule has 0 saturated heterocycles. The summed E-state index contributed by atoms with van der Waals surface area (Å²) in [6.07, 6.45) is 1.37. The fourth-order valence-electron chi connectivity index (χ4n) is 2.19. The van der Waals surface area contributed by atoms with Gasteiger partial charge in [0.05, 0.1) is 16.8 Å². The minimum Gasteiger partial charge on any atom is -0.439 e. The van der Waals surface area contributed by atoms with E-state index >= 15 is 0 Å². The molecule has 0 radical (unpaired) electrons. The van der Waals surface area contributed by atoms with Gasteiger partial charge in [-0.1, -0.05) is 30.3 Å². The Hall–Kier alpha value is -3.19. The predicted octanol–water partition coefficient (Wildman–Crippen LogP) is 3.88. The average Bonchev–Trinajstić information content (AvgIpc) is 2.64. The van der Waals surface area contributed by atoms with Crippen LogP contribution in [0.3, 0.4) is 0 Å². The van der Waals surface area contributed by atoms with E-state index in [-0.39, 0.29) is 10.7 Å². The third-order valence-electron chi connectivity index (χ3n) is 3.53. The zero-order valence-corrected chi connectivity index (χ0v) is 14.7. The number of nitrogens with one attached hydrogen (secondary N) is 1. The summed E-state index contributed by atoms with van der Waals surface area (Å²) in [4.78, 5) is 15.4. The summed E-state index contributed by atoms with van der Waals surface area (Å²) < 4.78 is 32.8. The number of benzene rings is 2. The van der Waals surface area contributed by atoms with E-state index < -0.39 is 10.0 Å². The topological polar surface area (TPSA) is 85.4 Å². The van der Waals surface area contributed by atoms with Gasteiger partial charge in [-0.25, -0.2) is 13.4 Å². The standard InChI is InChI=1S/C19H16N2O4S/c1-14(22)15-7-10-18(11-8-15)26(23,24)21-16-9-12-19(20-13-16)25-17-5-3-2-4-6-17/h2-13,21H,1H3. The zero-order chi connectivity index (χ0) is 18.6. The number of ketones is 1. The highest BCUT2D eigenvalue weighted by atomic mass is 32.2. The molecule has 26 heavy (non-hydrogen) atoms. The van der Waals surface area contributed by atoms with E-state index in [2.05, 4.69) is 9.71 Å². The lowest BCUT2D eigenvalue weighted by molar-refractivity contribution is 0.101. The molecule has 3 aromatic rings. The first kappa shape index (κ1) is 17.6. The Morgan fingerprint density at radius 2 is 1.65 bits per heavy atom. The number of para-hydroxylation sites is 1. The van der Waals surface area contributed by atoms with Crippen LogP contribution in [-0.4, -0.2) is 19.2 Å². The minimum atomic E-state index is -3.77. The van der Waals surface area contributed by atoms with E-state index in [1.54, 1.807) is 24.3 Å². The van der Waals surface area contributed by atoms with Crippen molar-refractivity contribution in [2.45, 2.75) is 11.8 Å². The molecule has 7 heteroatoms. The van der Waals surface area contributed by atoms with Gasteiger partial charge in [0.15, 0.2) is 5.78 Å². The molecule has 0 spiro atoms. The van der Waals surface area contributed by atoms with Gasteiger partial charge in [0.25, 0.3) is 10.0 Å². The van der Waals surface area contributed by atoms with Crippen molar-refractivity contribution in [3.05, 3.63) is 78.5 Å². The summed E-state index contributed by atoms with van der Waals surface area (Å²) in [5, 5.41) is 0. The molecule has 132 valence electrons. The fraction of sp³-hybridized carbons (Fsp3) is 0.0526. The van der Waals surface area contributed by atoms with Crippen molar-refractivity contribution in [1.29, 1.82) is 0 Å². The fourth-order valence-corrected chi connectivity index (χ4v) is 3.24. The Balaban J connectivity index is 1.72. The molecule has 0 aliphatic carbocycles. The number of rotatable bonds is 6. The number of hydrogen-bond donors (Lipinski definition) is 1. The van der Waals surface area contributed by atoms with Crippen LogP contribution in [0, 0.1) is 0 Å². The number of hydrogen-bond acceptors (Lipinski definition) is 5. The van der Waals surface area contributed by atoms with Crippen LogP contribution in [0.15, 0.2) is 77.8 Å². The molecule has 0 unspecified atom stereocenters. The maximum Gasteiger partial charge on any atom is 0.261 e. The van der Waals surface area contributed by atoms with Gasteiger partial charge >= 0.3 is 0 Å². The van der Waals surface area contributed by atoms with Crippen LogP contribution in [0.1, 0.15) is 17.3 Å². The van der Waals surface area contributed by atoms with Gasteiger partial charge in [0.1, 0.15) is 5.75 Å². The van der Waals surface area contributed by atoms with Crippen molar-refractivity contribution in [2.24, 2.45) is 0 Å². The maximum absolute atomic E-state index is 12.4. The monoisotopic (exact) mass is 368 g/mol. The number of sulfonamides is 1. The molecule has 1 aromatic heterocycles. The van der Waals surface area contributed by atoms with Crippen molar-refractivity contribution in [3.8, 4) is 11.6 Å². The second-order valence-corrected chi connectivity index (χ2v) is 7.17. The van der Waals surface area contributed by atoms with Crippen molar-refractivity contribution < 1.29 is 17.9 Å². The molecule has 0 atom stereocenters. The molecule has 0 aliphatic rings. The van der Waals surface area contributed by atoms with Gasteiger partial charge in [-0.3, -0.25) is 9.52 Å². The van der Waals surface area contributed by atoms with Gasteiger partial charge in [0, 0.05) is 11.6 Å². The Labute approximate surface area is 151 Å². The molecule has 0 fully saturated rings. The van der Waals surface area contributed by atoms with Crippen LogP contribution >= 0.6 is 0 Å². The molecule has 6 nitrogen and oxygen atoms in total. The normalized spacial score (nSPS) is 11.0. The number of pyridine rings is 1. The molecule has 0 saturated carbocycles. The molecule has 2 aromatic carbocycles. The first-order chi connectivity index (χ1) is 12.4. The smallest absolute Gasteiger partial charge is 0.261 e. The number of ether oxygens (including phenoxy) is 1. The average molecular weight is 368 g/mol. The van der Waals surface area contributed by atoms with E-state index in [0.29, 0.717) is 22.9 Å². The van der Waals surface area contributed by atoms with E-state index in [4.69, 9.17) is 4.74 Å². The summed E-state index contributed by atoms with van der Waals surface area (Å²) in [7, 11) is -3.77. The van der Waals surface area contributed by atoms with Crippen LogP contribution < -0.4 is 9.46 Å². The number of Topliss-reactive ketones (excluding diaryl/α,β-unsaturated/α-hetero) is 1. The Bertz CT molecular complexity index is 1000. The molecule has 0 amide bonds. The van der Waals surface area contributed by atoms with Crippen LogP contribution in [0.4, 0.5) is 5.69 Å². The van der Waals surface area contributed by atoms with Crippen LogP contribution in [-0.2, 0) is 10.0 Å². The number of carbonyl (C=O) groups is 1. The van der Waals surface area contributed by atoms with Gasteiger partial charge in [-0.15, -0.1) is 0 Å². The molecule has 1 heterocycles. The predicted molar refractivity (Wildman–Crippen MR) is 98.0 cm³/mol. The van der Waals surface area contributed by atoms with Gasteiger partial charge in [0.2, 0.25) is 5.88 Å². The summed E-state index contributed by atoms with van der Waals surface area (Å²) >= 11 is 0. The second-order valence-electron chi connectivity index (χ2n) is 5.49. The van der Waals surface area contributed by atoms with Gasteiger partial charge < -0.3 is 4.74 Å². The van der Waals surface area contributed by atoms with Crippen molar-refractivity contribution >= 4 is 21.5 Å². The lowest BCUT2D eigenvalue weighted by Crippen LogP contribution is -2.13. The van der Waals surface area contributed by atoms with E-state index in [1.807, 2.05) is 18.2 Å². The van der Waals surface area contributed by atoms with E-state index in [0.717, 1.165) is 0 Å². The van der Waals surface area contributed by atoms with Crippen molar-refractivity contribution in [2.75, 3.05) is 4.72 Å². The van der Waals surface area contributed by atoms with Gasteiger partial charge in [-0.2, -0.15) is 0 Å². The zero-order valence-electron chi connectivity index (χ0n) is 13.9. The Kier molecular flexibility index (Phi) is 4.99. The molecular formula is C19H16N2O4S. The SMILES string of the molecule is CC(=O)c1ccc(S(=O)(=O)Nc2ccc(Oc3ccccc3)nc2)cc1. The Morgan fingerprint density at radius 3 is 2.23 bits per heavy atom. The number of carbonyl (C=O) groups excluding carboxylic acids is 1. The number of aromatic nitrogens is 1. The largest absolute Gasteiger partial charge is 0.439 e. The highest BCUT2D eigenvalue weighted by Crippen LogP contribution is 2.21. The van der Waals surface area contributed by atoms with Crippen LogP contribution in [0.5, 0.6) is 11.6 Å². The highest BCUT2D eigenvalue weighted by Gasteiger charge is 2.15. The minimum absolute atomic E-state index is 0.0621. The number of anilines is 1. The summed E-state index contributed by atoms with van der Waals surface area (Å²) in [5.41, 5.74) is 0.758. The molecule has 0 aliphatic heterocycles. The molecule has 3 rings (SSSR count). The first-order valence-corrected chi connectivity index (χ1v) is 9.25. The second kappa shape index (κ2) is 7.37. The summed E-state index contributed by atoms with van der Waals surface area (Å²) in [6, 6.07) is 18.0. The molecular weight excluding hydrogens is 352 g/mol. The number of nitrogens with zero attached hydrogens (tertiary/aromatic N) is 1. The molecule has 1 N–H and O–H groups in total. The molecule has 0 bridgehead atoms. The van der Waals surface area contributed by atoms with E-state index in [9.17, 15) is 13.2 Å². The van der Waals surface area contributed by atoms with Crippen molar-refractivity contribution in [3.63, 3.8) is 0 Å². The van der Waals surface area contributed by atoms with Crippen LogP contribution in [0.2, 0.25) is 0 Å². The summed E-state index contributed by atoms with van der Waals surface area (Å²) in [5.74, 6) is 0.865. The lowest BCUT2D eigenvalue weighted by atomic mass is 10.2. The lowest BCUT2D eigenvalue weighted by Gasteiger charge is -2.09. The first-order valence-electron chi connectivity index (χ1n) is 7.77. The van der Waals surface area contributed by atoms with Gasteiger partial charge in [-0.05, 0) is 37.3 Å². The maximum atomic E-state index is 12.4. The quantitative estimate of drug-likeness (QED) is 0.668. The van der Waals surface area contributed by atoms with Crippen LogP contribution in [0.25, 0.3) is 0 Å². The third-order valence-corrected chi connectivity index (χ3v) is 4.92. The highest BCUT2D eigenvalue weighted by molar-refractivity contribution is 7.92.